The van der Waals surface area contributed by atoms with Crippen LogP contribution in [0.3, 0.4) is 0 Å². The van der Waals surface area contributed by atoms with Crippen LogP contribution in [-0.2, 0) is 4.79 Å². The number of aryl methyl sites for hydroxylation is 1. The SMILES string of the molecule is Cc1nccc(OC2CCN(C(=O)CN3CCN(c4ccccc4)C3=O)CC2)n1. The third kappa shape index (κ3) is 4.47. The van der Waals surface area contributed by atoms with Crippen molar-refractivity contribution in [2.24, 2.45) is 0 Å². The van der Waals surface area contributed by atoms with Gasteiger partial charge in [-0.25, -0.2) is 9.78 Å². The molecule has 0 unspecified atom stereocenters. The van der Waals surface area contributed by atoms with Crippen molar-refractivity contribution in [1.82, 2.24) is 19.8 Å². The number of piperidine rings is 1. The second-order valence-corrected chi connectivity index (χ2v) is 7.33. The molecular formula is C21H25N5O3. The van der Waals surface area contributed by atoms with E-state index in [4.69, 9.17) is 4.74 Å². The van der Waals surface area contributed by atoms with Crippen LogP contribution >= 0.6 is 0 Å². The van der Waals surface area contributed by atoms with E-state index in [-0.39, 0.29) is 24.6 Å². The van der Waals surface area contributed by atoms with E-state index < -0.39 is 0 Å². The standard InChI is InChI=1S/C21H25N5O3/c1-16-22-10-7-19(23-16)29-18-8-11-24(12-9-18)20(27)15-25-13-14-26(21(25)28)17-5-3-2-4-6-17/h2-7,10,18H,8-9,11-15H2,1H3. The average Bonchev–Trinajstić information content (AvgIpc) is 3.09. The molecule has 8 heteroatoms. The number of likely N-dealkylation sites (tertiary alicyclic amines) is 1. The summed E-state index contributed by atoms with van der Waals surface area (Å²) < 4.78 is 5.92. The number of ether oxygens (including phenoxy) is 1. The highest BCUT2D eigenvalue weighted by Crippen LogP contribution is 2.21. The molecule has 0 aliphatic carbocycles. The van der Waals surface area contributed by atoms with Gasteiger partial charge in [-0.3, -0.25) is 9.69 Å². The second-order valence-electron chi connectivity index (χ2n) is 7.33. The Morgan fingerprint density at radius 1 is 1.10 bits per heavy atom. The first-order valence-corrected chi connectivity index (χ1v) is 9.96. The highest BCUT2D eigenvalue weighted by Gasteiger charge is 2.33. The molecule has 0 N–H and O–H groups in total. The van der Waals surface area contributed by atoms with Crippen molar-refractivity contribution in [2.75, 3.05) is 37.6 Å². The van der Waals surface area contributed by atoms with Crippen molar-refractivity contribution < 1.29 is 14.3 Å². The molecule has 2 fully saturated rings. The van der Waals surface area contributed by atoms with Crippen LogP contribution in [0, 0.1) is 6.92 Å². The molecule has 8 nitrogen and oxygen atoms in total. The van der Waals surface area contributed by atoms with E-state index in [2.05, 4.69) is 9.97 Å². The fourth-order valence-electron chi connectivity index (χ4n) is 3.73. The lowest BCUT2D eigenvalue weighted by Gasteiger charge is -2.32. The number of rotatable bonds is 5. The molecule has 0 radical (unpaired) electrons. The van der Waals surface area contributed by atoms with Crippen LogP contribution < -0.4 is 9.64 Å². The van der Waals surface area contributed by atoms with Gasteiger partial charge in [0.05, 0.1) is 0 Å². The maximum atomic E-state index is 12.7. The maximum Gasteiger partial charge on any atom is 0.325 e. The van der Waals surface area contributed by atoms with Crippen LogP contribution in [-0.4, -0.2) is 70.5 Å². The summed E-state index contributed by atoms with van der Waals surface area (Å²) in [5, 5.41) is 0. The van der Waals surface area contributed by atoms with E-state index in [0.29, 0.717) is 37.9 Å². The minimum Gasteiger partial charge on any atom is -0.474 e. The molecule has 3 heterocycles. The topological polar surface area (TPSA) is 78.9 Å². The van der Waals surface area contributed by atoms with Gasteiger partial charge in [0.25, 0.3) is 0 Å². The zero-order valence-electron chi connectivity index (χ0n) is 16.5. The highest BCUT2D eigenvalue weighted by atomic mass is 16.5. The van der Waals surface area contributed by atoms with Crippen LogP contribution in [0.4, 0.5) is 10.5 Å². The van der Waals surface area contributed by atoms with Gasteiger partial charge in [-0.15, -0.1) is 0 Å². The van der Waals surface area contributed by atoms with Gasteiger partial charge in [-0.05, 0) is 19.1 Å². The minimum absolute atomic E-state index is 0.00964. The van der Waals surface area contributed by atoms with E-state index in [0.717, 1.165) is 18.5 Å². The quantitative estimate of drug-likeness (QED) is 0.775. The number of amides is 3. The molecule has 1 aromatic heterocycles. The Bertz CT molecular complexity index is 868. The number of urea groups is 1. The molecule has 0 atom stereocenters. The maximum absolute atomic E-state index is 12.7. The molecule has 0 bridgehead atoms. The van der Waals surface area contributed by atoms with Crippen molar-refractivity contribution >= 4 is 17.6 Å². The van der Waals surface area contributed by atoms with Crippen molar-refractivity contribution in [3.8, 4) is 5.88 Å². The molecule has 29 heavy (non-hydrogen) atoms. The number of aromatic nitrogens is 2. The van der Waals surface area contributed by atoms with Gasteiger partial charge in [-0.2, -0.15) is 4.98 Å². The van der Waals surface area contributed by atoms with E-state index in [1.54, 1.807) is 22.1 Å². The lowest BCUT2D eigenvalue weighted by Crippen LogP contribution is -2.47. The molecule has 4 rings (SSSR count). The molecular weight excluding hydrogens is 370 g/mol. The van der Waals surface area contributed by atoms with E-state index in [1.165, 1.54) is 0 Å². The summed E-state index contributed by atoms with van der Waals surface area (Å²) in [4.78, 5) is 38.9. The third-order valence-electron chi connectivity index (χ3n) is 5.32. The Balaban J connectivity index is 1.26. The Morgan fingerprint density at radius 2 is 1.86 bits per heavy atom. The van der Waals surface area contributed by atoms with Crippen molar-refractivity contribution in [3.63, 3.8) is 0 Å². The molecule has 2 aliphatic heterocycles. The number of carbonyl (C=O) groups excluding carboxylic acids is 2. The number of carbonyl (C=O) groups is 2. The second kappa shape index (κ2) is 8.46. The van der Waals surface area contributed by atoms with Gasteiger partial charge in [0, 0.05) is 57.0 Å². The lowest BCUT2D eigenvalue weighted by molar-refractivity contribution is -0.133. The van der Waals surface area contributed by atoms with E-state index >= 15 is 0 Å². The number of hydrogen-bond acceptors (Lipinski definition) is 5. The van der Waals surface area contributed by atoms with Gasteiger partial charge >= 0.3 is 6.03 Å². The average molecular weight is 395 g/mol. The van der Waals surface area contributed by atoms with Gasteiger partial charge in [0.1, 0.15) is 18.5 Å². The molecule has 1 aromatic carbocycles. The van der Waals surface area contributed by atoms with Crippen LogP contribution in [0.25, 0.3) is 0 Å². The predicted octanol–water partition coefficient (Wildman–Crippen LogP) is 2.10. The minimum atomic E-state index is -0.109. The molecule has 2 saturated heterocycles. The Hall–Kier alpha value is -3.16. The van der Waals surface area contributed by atoms with Crippen LogP contribution in [0.15, 0.2) is 42.6 Å². The van der Waals surface area contributed by atoms with Crippen LogP contribution in [0.2, 0.25) is 0 Å². The normalized spacial score (nSPS) is 17.7. The van der Waals surface area contributed by atoms with Crippen molar-refractivity contribution in [1.29, 1.82) is 0 Å². The van der Waals surface area contributed by atoms with Gasteiger partial charge in [0.2, 0.25) is 11.8 Å². The summed E-state index contributed by atoms with van der Waals surface area (Å²) >= 11 is 0. The zero-order chi connectivity index (χ0) is 20.2. The van der Waals surface area contributed by atoms with Crippen LogP contribution in [0.5, 0.6) is 5.88 Å². The summed E-state index contributed by atoms with van der Waals surface area (Å²) in [7, 11) is 0. The molecule has 3 amide bonds. The van der Waals surface area contributed by atoms with E-state index in [9.17, 15) is 9.59 Å². The Labute approximate surface area is 170 Å². The van der Waals surface area contributed by atoms with Gasteiger partial charge in [0.15, 0.2) is 0 Å². The monoisotopic (exact) mass is 395 g/mol. The number of benzene rings is 1. The van der Waals surface area contributed by atoms with Crippen molar-refractivity contribution in [3.05, 3.63) is 48.4 Å². The molecule has 0 saturated carbocycles. The summed E-state index contributed by atoms with van der Waals surface area (Å²) in [5.74, 6) is 1.24. The summed E-state index contributed by atoms with van der Waals surface area (Å²) in [6.07, 6.45) is 3.22. The largest absolute Gasteiger partial charge is 0.474 e. The number of nitrogens with zero attached hydrogens (tertiary/aromatic N) is 5. The summed E-state index contributed by atoms with van der Waals surface area (Å²) in [5.41, 5.74) is 0.866. The molecule has 0 spiro atoms. The Morgan fingerprint density at radius 3 is 2.59 bits per heavy atom. The molecule has 2 aliphatic rings. The third-order valence-corrected chi connectivity index (χ3v) is 5.32. The number of anilines is 1. The Kier molecular flexibility index (Phi) is 5.59. The molecule has 2 aromatic rings. The smallest absolute Gasteiger partial charge is 0.325 e. The fraction of sp³-hybridized carbons (Fsp3) is 0.429. The number of para-hydroxylation sites is 1. The van der Waals surface area contributed by atoms with Crippen molar-refractivity contribution in [2.45, 2.75) is 25.9 Å². The van der Waals surface area contributed by atoms with Gasteiger partial charge in [-0.1, -0.05) is 18.2 Å². The van der Waals surface area contributed by atoms with E-state index in [1.807, 2.05) is 42.2 Å². The first-order valence-electron chi connectivity index (χ1n) is 9.96. The predicted molar refractivity (Wildman–Crippen MR) is 108 cm³/mol. The highest BCUT2D eigenvalue weighted by molar-refractivity contribution is 5.96. The summed E-state index contributed by atoms with van der Waals surface area (Å²) in [6, 6.07) is 11.2. The summed E-state index contributed by atoms with van der Waals surface area (Å²) in [6.45, 7) is 4.36. The van der Waals surface area contributed by atoms with Gasteiger partial charge < -0.3 is 14.5 Å². The van der Waals surface area contributed by atoms with Crippen LogP contribution in [0.1, 0.15) is 18.7 Å². The lowest BCUT2D eigenvalue weighted by atomic mass is 10.1. The number of hydrogen-bond donors (Lipinski definition) is 0. The fourth-order valence-corrected chi connectivity index (χ4v) is 3.73. The first-order chi connectivity index (χ1) is 14.1. The zero-order valence-corrected chi connectivity index (χ0v) is 16.5. The first kappa shape index (κ1) is 19.2. The molecule has 152 valence electrons.